The average molecular weight is 191 g/mol. The molecule has 76 valence electrons. The molecule has 2 heteroatoms. The van der Waals surface area contributed by atoms with Gasteiger partial charge in [-0.15, -0.1) is 0 Å². The lowest BCUT2D eigenvalue weighted by Crippen LogP contribution is -2.30. The summed E-state index contributed by atoms with van der Waals surface area (Å²) in [6, 6.07) is 8.52. The van der Waals surface area contributed by atoms with E-state index in [-0.39, 0.29) is 5.54 Å². The fourth-order valence-electron chi connectivity index (χ4n) is 1.62. The molecule has 2 N–H and O–H groups in total. The Morgan fingerprint density at radius 3 is 2.57 bits per heavy atom. The van der Waals surface area contributed by atoms with Gasteiger partial charge >= 0.3 is 0 Å². The highest BCUT2D eigenvalue weighted by atomic mass is 16.5. The third-order valence-electron chi connectivity index (χ3n) is 2.74. The zero-order valence-corrected chi connectivity index (χ0v) is 8.79. The van der Waals surface area contributed by atoms with Crippen LogP contribution in [0.4, 0.5) is 0 Å². The molecule has 0 bridgehead atoms. The van der Waals surface area contributed by atoms with Crippen LogP contribution in [0, 0.1) is 0 Å². The molecular formula is C12H17NO. The van der Waals surface area contributed by atoms with E-state index in [0.717, 1.165) is 13.2 Å². The molecule has 0 amide bonds. The van der Waals surface area contributed by atoms with Gasteiger partial charge in [0.25, 0.3) is 0 Å². The van der Waals surface area contributed by atoms with E-state index in [2.05, 4.69) is 24.3 Å². The molecule has 0 radical (unpaired) electrons. The maximum atomic E-state index is 6.05. The largest absolute Gasteiger partial charge is 0.380 e. The van der Waals surface area contributed by atoms with Gasteiger partial charge in [0.15, 0.2) is 0 Å². The zero-order chi connectivity index (χ0) is 10.2. The molecule has 0 saturated carbocycles. The summed E-state index contributed by atoms with van der Waals surface area (Å²) in [6.07, 6.45) is 0. The molecule has 1 heterocycles. The average Bonchev–Trinajstić information content (AvgIpc) is 2.00. The van der Waals surface area contributed by atoms with Crippen molar-refractivity contribution in [2.75, 3.05) is 13.2 Å². The lowest BCUT2D eigenvalue weighted by molar-refractivity contribution is 0.00837. The van der Waals surface area contributed by atoms with Gasteiger partial charge in [0, 0.05) is 11.5 Å². The Morgan fingerprint density at radius 1 is 1.36 bits per heavy atom. The molecule has 1 saturated heterocycles. The van der Waals surface area contributed by atoms with Crippen molar-refractivity contribution in [1.29, 1.82) is 0 Å². The predicted molar refractivity (Wildman–Crippen MR) is 57.2 cm³/mol. The Balaban J connectivity index is 2.26. The summed E-state index contributed by atoms with van der Waals surface area (Å²) in [4.78, 5) is 0. The molecule has 0 aromatic heterocycles. The molecule has 1 aliphatic rings. The highest BCUT2D eigenvalue weighted by Gasteiger charge is 2.22. The van der Waals surface area contributed by atoms with E-state index < -0.39 is 0 Å². The van der Waals surface area contributed by atoms with Gasteiger partial charge in [0.2, 0.25) is 0 Å². The fourth-order valence-corrected chi connectivity index (χ4v) is 1.62. The summed E-state index contributed by atoms with van der Waals surface area (Å²) in [7, 11) is 0. The minimum atomic E-state index is -0.249. The van der Waals surface area contributed by atoms with Gasteiger partial charge in [-0.1, -0.05) is 24.3 Å². The zero-order valence-electron chi connectivity index (χ0n) is 8.79. The Morgan fingerprint density at radius 2 is 2.07 bits per heavy atom. The van der Waals surface area contributed by atoms with Gasteiger partial charge in [0.05, 0.1) is 13.2 Å². The summed E-state index contributed by atoms with van der Waals surface area (Å²) in [5.41, 5.74) is 8.35. The quantitative estimate of drug-likeness (QED) is 0.776. The second-order valence-electron chi connectivity index (χ2n) is 4.58. The molecule has 0 atom stereocenters. The first-order valence-electron chi connectivity index (χ1n) is 5.04. The lowest BCUT2D eigenvalue weighted by atomic mass is 9.89. The molecule has 0 unspecified atom stereocenters. The highest BCUT2D eigenvalue weighted by molar-refractivity contribution is 5.31. The molecule has 2 nitrogen and oxygen atoms in total. The van der Waals surface area contributed by atoms with Crippen LogP contribution in [0.2, 0.25) is 0 Å². The molecule has 1 aliphatic heterocycles. The van der Waals surface area contributed by atoms with Crippen LogP contribution in [0.15, 0.2) is 24.3 Å². The Bertz CT molecular complexity index is 323. The second-order valence-corrected chi connectivity index (χ2v) is 4.58. The normalized spacial score (nSPS) is 17.9. The van der Waals surface area contributed by atoms with Crippen LogP contribution in [0.5, 0.6) is 0 Å². The maximum Gasteiger partial charge on any atom is 0.0557 e. The van der Waals surface area contributed by atoms with Gasteiger partial charge in [-0.25, -0.2) is 0 Å². The topological polar surface area (TPSA) is 35.2 Å². The number of hydrogen-bond acceptors (Lipinski definition) is 2. The van der Waals surface area contributed by atoms with E-state index in [1.54, 1.807) is 0 Å². The number of benzene rings is 1. The third kappa shape index (κ3) is 1.81. The van der Waals surface area contributed by atoms with E-state index in [0.29, 0.717) is 5.92 Å². The first-order chi connectivity index (χ1) is 6.57. The van der Waals surface area contributed by atoms with Crippen molar-refractivity contribution in [3.8, 4) is 0 Å². The van der Waals surface area contributed by atoms with Crippen LogP contribution < -0.4 is 5.73 Å². The van der Waals surface area contributed by atoms with E-state index in [1.165, 1.54) is 11.1 Å². The maximum absolute atomic E-state index is 6.05. The molecule has 1 aromatic carbocycles. The Kier molecular flexibility index (Phi) is 2.33. The van der Waals surface area contributed by atoms with Gasteiger partial charge in [-0.05, 0) is 25.0 Å². The SMILES string of the molecule is CC(C)(N)c1cccc(C2COC2)c1. The first-order valence-corrected chi connectivity index (χ1v) is 5.04. The number of ether oxygens (including phenoxy) is 1. The van der Waals surface area contributed by atoms with Crippen molar-refractivity contribution in [3.05, 3.63) is 35.4 Å². The van der Waals surface area contributed by atoms with E-state index in [9.17, 15) is 0 Å². The van der Waals surface area contributed by atoms with Gasteiger partial charge < -0.3 is 10.5 Å². The molecule has 1 aromatic rings. The molecule has 14 heavy (non-hydrogen) atoms. The second kappa shape index (κ2) is 3.37. The van der Waals surface area contributed by atoms with Crippen molar-refractivity contribution < 1.29 is 4.74 Å². The summed E-state index contributed by atoms with van der Waals surface area (Å²) in [5.74, 6) is 0.581. The molecular weight excluding hydrogens is 174 g/mol. The predicted octanol–water partition coefficient (Wildman–Crippen LogP) is 1.99. The van der Waals surface area contributed by atoms with E-state index in [1.807, 2.05) is 13.8 Å². The Hall–Kier alpha value is -0.860. The van der Waals surface area contributed by atoms with Crippen LogP contribution in [-0.2, 0) is 10.3 Å². The molecule has 0 aliphatic carbocycles. The summed E-state index contributed by atoms with van der Waals surface area (Å²) >= 11 is 0. The summed E-state index contributed by atoms with van der Waals surface area (Å²) < 4.78 is 5.18. The van der Waals surface area contributed by atoms with E-state index in [4.69, 9.17) is 10.5 Å². The number of rotatable bonds is 2. The van der Waals surface area contributed by atoms with Crippen molar-refractivity contribution in [3.63, 3.8) is 0 Å². The van der Waals surface area contributed by atoms with Gasteiger partial charge in [0.1, 0.15) is 0 Å². The van der Waals surface area contributed by atoms with Crippen molar-refractivity contribution in [2.24, 2.45) is 5.73 Å². The van der Waals surface area contributed by atoms with E-state index >= 15 is 0 Å². The van der Waals surface area contributed by atoms with Crippen LogP contribution in [0.1, 0.15) is 30.9 Å². The molecule has 0 spiro atoms. The van der Waals surface area contributed by atoms with Crippen molar-refractivity contribution in [2.45, 2.75) is 25.3 Å². The summed E-state index contributed by atoms with van der Waals surface area (Å²) in [6.45, 7) is 5.77. The van der Waals surface area contributed by atoms with Crippen LogP contribution in [-0.4, -0.2) is 13.2 Å². The van der Waals surface area contributed by atoms with Crippen LogP contribution >= 0.6 is 0 Å². The molecule has 2 rings (SSSR count). The monoisotopic (exact) mass is 191 g/mol. The van der Waals surface area contributed by atoms with Crippen LogP contribution in [0.3, 0.4) is 0 Å². The smallest absolute Gasteiger partial charge is 0.0557 e. The number of hydrogen-bond donors (Lipinski definition) is 1. The minimum absolute atomic E-state index is 0.249. The Labute approximate surface area is 85.1 Å². The fraction of sp³-hybridized carbons (Fsp3) is 0.500. The van der Waals surface area contributed by atoms with Gasteiger partial charge in [-0.3, -0.25) is 0 Å². The highest BCUT2D eigenvalue weighted by Crippen LogP contribution is 2.27. The standard InChI is InChI=1S/C12H17NO/c1-12(2,13)11-5-3-4-9(6-11)10-7-14-8-10/h3-6,10H,7-8,13H2,1-2H3. The van der Waals surface area contributed by atoms with Crippen LogP contribution in [0.25, 0.3) is 0 Å². The number of nitrogens with two attached hydrogens (primary N) is 1. The minimum Gasteiger partial charge on any atom is -0.380 e. The molecule has 1 fully saturated rings. The van der Waals surface area contributed by atoms with Crippen molar-refractivity contribution in [1.82, 2.24) is 0 Å². The first kappa shape index (κ1) is 9.69. The summed E-state index contributed by atoms with van der Waals surface area (Å²) in [5, 5.41) is 0. The van der Waals surface area contributed by atoms with Gasteiger partial charge in [-0.2, -0.15) is 0 Å². The lowest BCUT2D eigenvalue weighted by Gasteiger charge is -2.28. The van der Waals surface area contributed by atoms with Crippen molar-refractivity contribution >= 4 is 0 Å². The third-order valence-corrected chi connectivity index (χ3v) is 2.74.